The molecular weight excluding hydrogens is 422 g/mol. The van der Waals surface area contributed by atoms with Crippen molar-refractivity contribution in [2.75, 3.05) is 5.32 Å². The lowest BCUT2D eigenvalue weighted by Gasteiger charge is -2.09. The number of aryl methyl sites for hydroxylation is 1. The summed E-state index contributed by atoms with van der Waals surface area (Å²) >= 11 is 0. The highest BCUT2D eigenvalue weighted by molar-refractivity contribution is 7.92. The number of sulfone groups is 1. The normalized spacial score (nSPS) is 11.8. The number of fused-ring (bicyclic) bond motifs is 1. The van der Waals surface area contributed by atoms with Crippen molar-refractivity contribution in [2.24, 2.45) is 0 Å². The molecular formula is C25H25N3O3S. The lowest BCUT2D eigenvalue weighted by molar-refractivity contribution is -0.115. The van der Waals surface area contributed by atoms with E-state index >= 15 is 0 Å². The number of carbonyl (C=O) groups is 1. The molecule has 6 nitrogen and oxygen atoms in total. The largest absolute Gasteiger partial charge is 0.326 e. The summed E-state index contributed by atoms with van der Waals surface area (Å²) in [5.41, 5.74) is 5.17. The first-order valence-electron chi connectivity index (χ1n) is 10.4. The molecule has 0 aliphatic rings. The Morgan fingerprint density at radius 3 is 2.50 bits per heavy atom. The summed E-state index contributed by atoms with van der Waals surface area (Å²) in [7, 11) is -3.32. The van der Waals surface area contributed by atoms with Crippen molar-refractivity contribution in [3.8, 4) is 11.3 Å². The van der Waals surface area contributed by atoms with E-state index in [0.29, 0.717) is 5.69 Å². The summed E-state index contributed by atoms with van der Waals surface area (Å²) < 4.78 is 26.5. The molecule has 4 aromatic rings. The van der Waals surface area contributed by atoms with Gasteiger partial charge >= 0.3 is 0 Å². The zero-order valence-electron chi connectivity index (χ0n) is 18.2. The smallest absolute Gasteiger partial charge is 0.228 e. The number of hydrogen-bond acceptors (Lipinski definition) is 4. The Hall–Kier alpha value is -3.45. The quantitative estimate of drug-likeness (QED) is 0.466. The van der Waals surface area contributed by atoms with Gasteiger partial charge in [0.05, 0.1) is 22.3 Å². The number of rotatable bonds is 6. The van der Waals surface area contributed by atoms with Crippen LogP contribution in [0, 0.1) is 6.92 Å². The molecule has 1 amide bonds. The number of benzene rings is 2. The minimum absolute atomic E-state index is 0.153. The standard InChI is InChI=1S/C25H25N3O3S/c1-17(2)32(30,31)22-11-9-19(10-12-22)14-24(29)26-21-8-4-7-20(15-21)23-16-28-13-5-6-18(3)25(28)27-23/h4-13,15-17H,14H2,1-3H3,(H,26,29). The van der Waals surface area contributed by atoms with Crippen LogP contribution in [0.5, 0.6) is 0 Å². The summed E-state index contributed by atoms with van der Waals surface area (Å²) in [6, 6.07) is 18.1. The van der Waals surface area contributed by atoms with Gasteiger partial charge in [-0.05, 0) is 62.2 Å². The molecule has 0 unspecified atom stereocenters. The highest BCUT2D eigenvalue weighted by Gasteiger charge is 2.19. The molecule has 1 N–H and O–H groups in total. The Balaban J connectivity index is 1.47. The second-order valence-corrected chi connectivity index (χ2v) is 10.6. The lowest BCUT2D eigenvalue weighted by atomic mass is 10.1. The van der Waals surface area contributed by atoms with Crippen molar-refractivity contribution in [1.29, 1.82) is 0 Å². The van der Waals surface area contributed by atoms with Crippen LogP contribution in [0.1, 0.15) is 25.0 Å². The van der Waals surface area contributed by atoms with Gasteiger partial charge in [-0.15, -0.1) is 0 Å². The molecule has 2 aromatic carbocycles. The third kappa shape index (κ3) is 4.43. The van der Waals surface area contributed by atoms with E-state index in [0.717, 1.165) is 28.0 Å². The van der Waals surface area contributed by atoms with Crippen LogP contribution in [-0.2, 0) is 21.1 Å². The van der Waals surface area contributed by atoms with Gasteiger partial charge in [-0.3, -0.25) is 4.79 Å². The Labute approximate surface area is 187 Å². The number of amides is 1. The lowest BCUT2D eigenvalue weighted by Crippen LogP contribution is -2.15. The van der Waals surface area contributed by atoms with Crippen LogP contribution in [0.3, 0.4) is 0 Å². The summed E-state index contributed by atoms with van der Waals surface area (Å²) in [5, 5.41) is 2.43. The van der Waals surface area contributed by atoms with Gasteiger partial charge in [-0.2, -0.15) is 0 Å². The van der Waals surface area contributed by atoms with Crippen LogP contribution >= 0.6 is 0 Å². The number of anilines is 1. The molecule has 2 aromatic heterocycles. The number of pyridine rings is 1. The molecule has 0 saturated heterocycles. The predicted molar refractivity (Wildman–Crippen MR) is 126 cm³/mol. The maximum Gasteiger partial charge on any atom is 0.228 e. The molecule has 0 radical (unpaired) electrons. The topological polar surface area (TPSA) is 80.5 Å². The minimum atomic E-state index is -3.32. The third-order valence-corrected chi connectivity index (χ3v) is 7.53. The van der Waals surface area contributed by atoms with Crippen molar-refractivity contribution in [2.45, 2.75) is 37.3 Å². The van der Waals surface area contributed by atoms with Crippen molar-refractivity contribution in [1.82, 2.24) is 9.38 Å². The Bertz CT molecular complexity index is 1390. The summed E-state index contributed by atoms with van der Waals surface area (Å²) in [6.45, 7) is 5.32. The number of nitrogens with zero attached hydrogens (tertiary/aromatic N) is 2. The van der Waals surface area contributed by atoms with Gasteiger partial charge in [-0.1, -0.05) is 30.3 Å². The van der Waals surface area contributed by atoms with Gasteiger partial charge in [0, 0.05) is 23.6 Å². The zero-order chi connectivity index (χ0) is 22.9. The highest BCUT2D eigenvalue weighted by atomic mass is 32.2. The summed E-state index contributed by atoms with van der Waals surface area (Å²) in [4.78, 5) is 17.5. The van der Waals surface area contributed by atoms with E-state index in [-0.39, 0.29) is 17.2 Å². The SMILES string of the molecule is Cc1cccn2cc(-c3cccc(NC(=O)Cc4ccc(S(=O)(=O)C(C)C)cc4)c3)nc12. The molecule has 0 aliphatic heterocycles. The fraction of sp³-hybridized carbons (Fsp3) is 0.200. The van der Waals surface area contributed by atoms with Crippen LogP contribution in [0.2, 0.25) is 0 Å². The van der Waals surface area contributed by atoms with E-state index in [1.165, 1.54) is 0 Å². The van der Waals surface area contributed by atoms with Gasteiger partial charge in [0.25, 0.3) is 0 Å². The van der Waals surface area contributed by atoms with E-state index < -0.39 is 15.1 Å². The maximum atomic E-state index is 12.6. The second kappa shape index (κ2) is 8.59. The van der Waals surface area contributed by atoms with Crippen molar-refractivity contribution < 1.29 is 13.2 Å². The van der Waals surface area contributed by atoms with Gasteiger partial charge < -0.3 is 9.72 Å². The van der Waals surface area contributed by atoms with E-state index in [2.05, 4.69) is 5.32 Å². The molecule has 4 rings (SSSR count). The first kappa shape index (κ1) is 21.8. The number of hydrogen-bond donors (Lipinski definition) is 1. The van der Waals surface area contributed by atoms with Crippen LogP contribution in [-0.4, -0.2) is 29.0 Å². The van der Waals surface area contributed by atoms with Gasteiger partial charge in [0.1, 0.15) is 5.65 Å². The monoisotopic (exact) mass is 447 g/mol. The maximum absolute atomic E-state index is 12.6. The zero-order valence-corrected chi connectivity index (χ0v) is 19.1. The predicted octanol–water partition coefficient (Wildman–Crippen LogP) is 4.67. The molecule has 0 fully saturated rings. The first-order valence-corrected chi connectivity index (χ1v) is 12.0. The molecule has 164 valence electrons. The van der Waals surface area contributed by atoms with Crippen LogP contribution in [0.15, 0.2) is 78.0 Å². The molecule has 2 heterocycles. The van der Waals surface area contributed by atoms with Gasteiger partial charge in [0.15, 0.2) is 9.84 Å². The van der Waals surface area contributed by atoms with Gasteiger partial charge in [0.2, 0.25) is 5.91 Å². The van der Waals surface area contributed by atoms with Crippen LogP contribution in [0.25, 0.3) is 16.9 Å². The summed E-state index contributed by atoms with van der Waals surface area (Å²) in [6.07, 6.45) is 4.08. The van der Waals surface area contributed by atoms with Crippen molar-refractivity contribution in [3.63, 3.8) is 0 Å². The molecule has 0 bridgehead atoms. The third-order valence-electron chi connectivity index (χ3n) is 5.36. The molecule has 0 atom stereocenters. The van der Waals surface area contributed by atoms with Crippen molar-refractivity contribution >= 4 is 27.1 Å². The molecule has 32 heavy (non-hydrogen) atoms. The number of imidazole rings is 1. The average Bonchev–Trinajstić information content (AvgIpc) is 3.20. The van der Waals surface area contributed by atoms with E-state index in [1.54, 1.807) is 38.1 Å². The molecule has 0 spiro atoms. The molecule has 0 aliphatic carbocycles. The number of carbonyl (C=O) groups excluding carboxylic acids is 1. The number of aromatic nitrogens is 2. The van der Waals surface area contributed by atoms with Gasteiger partial charge in [-0.25, -0.2) is 13.4 Å². The fourth-order valence-corrected chi connectivity index (χ4v) is 4.57. The number of nitrogens with one attached hydrogen (secondary N) is 1. The van der Waals surface area contributed by atoms with Crippen LogP contribution in [0.4, 0.5) is 5.69 Å². The molecule has 7 heteroatoms. The second-order valence-electron chi connectivity index (χ2n) is 8.09. The minimum Gasteiger partial charge on any atom is -0.326 e. The Kier molecular flexibility index (Phi) is 5.84. The van der Waals surface area contributed by atoms with E-state index in [9.17, 15) is 13.2 Å². The fourth-order valence-electron chi connectivity index (χ4n) is 3.51. The molecule has 0 saturated carbocycles. The average molecular weight is 448 g/mol. The Morgan fingerprint density at radius 2 is 1.81 bits per heavy atom. The van der Waals surface area contributed by atoms with Crippen LogP contribution < -0.4 is 5.32 Å². The highest BCUT2D eigenvalue weighted by Crippen LogP contribution is 2.24. The van der Waals surface area contributed by atoms with Crippen molar-refractivity contribution in [3.05, 3.63) is 84.2 Å². The Morgan fingerprint density at radius 1 is 1.06 bits per heavy atom. The van der Waals surface area contributed by atoms with E-state index in [1.807, 2.05) is 60.1 Å². The summed E-state index contributed by atoms with van der Waals surface area (Å²) in [5.74, 6) is -0.174. The van der Waals surface area contributed by atoms with E-state index in [4.69, 9.17) is 4.98 Å². The first-order chi connectivity index (χ1) is 15.2.